The molecule has 0 aliphatic carbocycles. The number of hydrogen-bond acceptors (Lipinski definition) is 6. The molecule has 2 saturated heterocycles. The molecule has 0 bridgehead atoms. The zero-order valence-corrected chi connectivity index (χ0v) is 12.0. The minimum Gasteiger partial charge on any atom is -0.409 e. The molecule has 0 aromatic carbocycles. The average molecular weight is 291 g/mol. The summed E-state index contributed by atoms with van der Waals surface area (Å²) in [5.74, 6) is 0.0363. The zero-order chi connectivity index (χ0) is 14.7. The molecule has 3 rings (SSSR count). The van der Waals surface area contributed by atoms with Crippen molar-refractivity contribution >= 4 is 11.5 Å². The summed E-state index contributed by atoms with van der Waals surface area (Å²) < 4.78 is 5.41. The fourth-order valence-corrected chi connectivity index (χ4v) is 2.99. The van der Waals surface area contributed by atoms with Crippen molar-refractivity contribution in [1.29, 1.82) is 0 Å². The van der Waals surface area contributed by atoms with Crippen LogP contribution in [0, 0.1) is 0 Å². The zero-order valence-electron chi connectivity index (χ0n) is 12.0. The SMILES string of the molecule is N/C(=N/O)c1ccc(N2CCC(N3CCOCC3)C2)cn1. The first-order valence-corrected chi connectivity index (χ1v) is 7.28. The van der Waals surface area contributed by atoms with E-state index in [4.69, 9.17) is 15.7 Å². The molecule has 1 unspecified atom stereocenters. The Bertz CT molecular complexity index is 499. The average Bonchev–Trinajstić information content (AvgIpc) is 3.05. The maximum atomic E-state index is 8.64. The second-order valence-electron chi connectivity index (χ2n) is 5.42. The monoisotopic (exact) mass is 291 g/mol. The molecule has 0 amide bonds. The molecule has 3 N–H and O–H groups in total. The maximum absolute atomic E-state index is 8.64. The van der Waals surface area contributed by atoms with Gasteiger partial charge in [0.15, 0.2) is 5.84 Å². The summed E-state index contributed by atoms with van der Waals surface area (Å²) in [5.41, 5.74) is 7.10. The summed E-state index contributed by atoms with van der Waals surface area (Å²) in [5, 5.41) is 11.6. The van der Waals surface area contributed by atoms with Crippen LogP contribution in [0.5, 0.6) is 0 Å². The molecule has 7 heteroatoms. The summed E-state index contributed by atoms with van der Waals surface area (Å²) in [6, 6.07) is 4.35. The van der Waals surface area contributed by atoms with E-state index in [2.05, 4.69) is 19.9 Å². The van der Waals surface area contributed by atoms with Gasteiger partial charge >= 0.3 is 0 Å². The van der Waals surface area contributed by atoms with Crippen molar-refractivity contribution in [3.63, 3.8) is 0 Å². The van der Waals surface area contributed by atoms with Crippen molar-refractivity contribution in [2.45, 2.75) is 12.5 Å². The van der Waals surface area contributed by atoms with E-state index in [1.807, 2.05) is 6.07 Å². The Morgan fingerprint density at radius 2 is 2.14 bits per heavy atom. The number of aromatic nitrogens is 1. The van der Waals surface area contributed by atoms with E-state index in [1.165, 1.54) is 6.42 Å². The molecule has 1 aromatic heterocycles. The van der Waals surface area contributed by atoms with E-state index < -0.39 is 0 Å². The van der Waals surface area contributed by atoms with Crippen LogP contribution in [-0.4, -0.2) is 66.4 Å². The van der Waals surface area contributed by atoms with Gasteiger partial charge in [0.1, 0.15) is 5.69 Å². The van der Waals surface area contributed by atoms with Crippen LogP contribution in [0.2, 0.25) is 0 Å². The summed E-state index contributed by atoms with van der Waals surface area (Å²) >= 11 is 0. The molecule has 114 valence electrons. The first-order valence-electron chi connectivity index (χ1n) is 7.28. The Kier molecular flexibility index (Phi) is 4.21. The highest BCUT2D eigenvalue weighted by molar-refractivity contribution is 5.95. The molecular formula is C14H21N5O2. The second kappa shape index (κ2) is 6.28. The molecule has 1 aromatic rings. The molecule has 2 fully saturated rings. The maximum Gasteiger partial charge on any atom is 0.188 e. The highest BCUT2D eigenvalue weighted by Crippen LogP contribution is 2.23. The van der Waals surface area contributed by atoms with E-state index in [9.17, 15) is 0 Å². The summed E-state index contributed by atoms with van der Waals surface area (Å²) in [6.07, 6.45) is 2.96. The van der Waals surface area contributed by atoms with Crippen molar-refractivity contribution < 1.29 is 9.94 Å². The number of rotatable bonds is 3. The predicted octanol–water partition coefficient (Wildman–Crippen LogP) is 0.0870. The Balaban J connectivity index is 1.63. The lowest BCUT2D eigenvalue weighted by molar-refractivity contribution is 0.0209. The summed E-state index contributed by atoms with van der Waals surface area (Å²) in [4.78, 5) is 9.09. The fraction of sp³-hybridized carbons (Fsp3) is 0.571. The molecule has 2 aliphatic rings. The smallest absolute Gasteiger partial charge is 0.188 e. The van der Waals surface area contributed by atoms with Gasteiger partial charge in [0.2, 0.25) is 0 Å². The first-order chi connectivity index (χ1) is 10.3. The van der Waals surface area contributed by atoms with Crippen molar-refractivity contribution in [2.24, 2.45) is 10.9 Å². The van der Waals surface area contributed by atoms with Crippen LogP contribution in [0.3, 0.4) is 0 Å². The van der Waals surface area contributed by atoms with Crippen LogP contribution in [0.1, 0.15) is 12.1 Å². The van der Waals surface area contributed by atoms with Gasteiger partial charge in [-0.25, -0.2) is 0 Å². The molecule has 2 aliphatic heterocycles. The van der Waals surface area contributed by atoms with Crippen LogP contribution in [0.25, 0.3) is 0 Å². The number of ether oxygens (including phenoxy) is 1. The van der Waals surface area contributed by atoms with Gasteiger partial charge in [0.25, 0.3) is 0 Å². The number of pyridine rings is 1. The van der Waals surface area contributed by atoms with E-state index in [0.717, 1.165) is 45.1 Å². The van der Waals surface area contributed by atoms with Gasteiger partial charge in [-0.05, 0) is 18.6 Å². The molecule has 21 heavy (non-hydrogen) atoms. The molecule has 3 heterocycles. The van der Waals surface area contributed by atoms with Crippen LogP contribution in [-0.2, 0) is 4.74 Å². The lowest BCUT2D eigenvalue weighted by Crippen LogP contribution is -2.44. The second-order valence-corrected chi connectivity index (χ2v) is 5.42. The van der Waals surface area contributed by atoms with Crippen LogP contribution < -0.4 is 10.6 Å². The number of nitrogens with two attached hydrogens (primary N) is 1. The van der Waals surface area contributed by atoms with Gasteiger partial charge < -0.3 is 20.6 Å². The third-order valence-electron chi connectivity index (χ3n) is 4.21. The lowest BCUT2D eigenvalue weighted by Gasteiger charge is -2.32. The summed E-state index contributed by atoms with van der Waals surface area (Å²) in [7, 11) is 0. The largest absolute Gasteiger partial charge is 0.409 e. The van der Waals surface area contributed by atoms with E-state index in [0.29, 0.717) is 11.7 Å². The first kappa shape index (κ1) is 14.1. The van der Waals surface area contributed by atoms with Crippen molar-refractivity contribution in [3.8, 4) is 0 Å². The third kappa shape index (κ3) is 3.08. The molecule has 1 atom stereocenters. The summed E-state index contributed by atoms with van der Waals surface area (Å²) in [6.45, 7) is 5.79. The normalized spacial score (nSPS) is 24.5. The van der Waals surface area contributed by atoms with Crippen LogP contribution >= 0.6 is 0 Å². The highest BCUT2D eigenvalue weighted by atomic mass is 16.5. The fourth-order valence-electron chi connectivity index (χ4n) is 2.99. The number of oxime groups is 1. The van der Waals surface area contributed by atoms with Gasteiger partial charge in [0.05, 0.1) is 25.1 Å². The molecule has 0 radical (unpaired) electrons. The number of anilines is 1. The van der Waals surface area contributed by atoms with Crippen molar-refractivity contribution in [1.82, 2.24) is 9.88 Å². The third-order valence-corrected chi connectivity index (χ3v) is 4.21. The molecule has 0 saturated carbocycles. The van der Waals surface area contributed by atoms with E-state index in [-0.39, 0.29) is 5.84 Å². The van der Waals surface area contributed by atoms with Crippen molar-refractivity contribution in [2.75, 3.05) is 44.3 Å². The minimum atomic E-state index is 0.0363. The molecule has 0 spiro atoms. The number of hydrogen-bond donors (Lipinski definition) is 2. The number of morpholine rings is 1. The number of amidine groups is 1. The predicted molar refractivity (Wildman–Crippen MR) is 79.8 cm³/mol. The highest BCUT2D eigenvalue weighted by Gasteiger charge is 2.28. The van der Waals surface area contributed by atoms with Gasteiger partial charge in [-0.2, -0.15) is 0 Å². The molecule has 7 nitrogen and oxygen atoms in total. The Hall–Kier alpha value is -1.86. The van der Waals surface area contributed by atoms with Gasteiger partial charge in [-0.1, -0.05) is 5.16 Å². The van der Waals surface area contributed by atoms with Crippen LogP contribution in [0.15, 0.2) is 23.5 Å². The minimum absolute atomic E-state index is 0.0363. The van der Waals surface area contributed by atoms with Crippen LogP contribution in [0.4, 0.5) is 5.69 Å². The Labute approximate surface area is 124 Å². The Morgan fingerprint density at radius 3 is 2.81 bits per heavy atom. The van der Waals surface area contributed by atoms with E-state index >= 15 is 0 Å². The quantitative estimate of drug-likeness (QED) is 0.355. The number of nitrogens with zero attached hydrogens (tertiary/aromatic N) is 4. The topological polar surface area (TPSA) is 87.2 Å². The standard InChI is InChI=1S/C14H21N5O2/c15-14(17-20)13-2-1-11(9-16-13)19-4-3-12(10-19)18-5-7-21-8-6-18/h1-2,9,12,20H,3-8,10H2,(H2,15,17). The van der Waals surface area contributed by atoms with Crippen molar-refractivity contribution in [3.05, 3.63) is 24.0 Å². The molecular weight excluding hydrogens is 270 g/mol. The Morgan fingerprint density at radius 1 is 1.33 bits per heavy atom. The van der Waals surface area contributed by atoms with E-state index in [1.54, 1.807) is 12.3 Å². The lowest BCUT2D eigenvalue weighted by atomic mass is 10.2. The van der Waals surface area contributed by atoms with Gasteiger partial charge in [0, 0.05) is 32.2 Å². The van der Waals surface area contributed by atoms with Gasteiger partial charge in [-0.3, -0.25) is 9.88 Å². The van der Waals surface area contributed by atoms with Gasteiger partial charge in [-0.15, -0.1) is 0 Å².